The number of carbonyl (C=O) groups is 2. The molecule has 8 nitrogen and oxygen atoms in total. The lowest BCUT2D eigenvalue weighted by Crippen LogP contribution is -2.42. The van der Waals surface area contributed by atoms with Crippen LogP contribution in [0.25, 0.3) is 0 Å². The molecular formula is C23H25IN6O2. The zero-order valence-corrected chi connectivity index (χ0v) is 20.0. The van der Waals surface area contributed by atoms with E-state index in [1.54, 1.807) is 37.5 Å². The number of imide groups is 1. The minimum absolute atomic E-state index is 0. The van der Waals surface area contributed by atoms with Crippen molar-refractivity contribution in [3.05, 3.63) is 89.2 Å². The molecule has 4 rings (SSSR count). The van der Waals surface area contributed by atoms with Gasteiger partial charge in [-0.1, -0.05) is 36.4 Å². The van der Waals surface area contributed by atoms with Crippen LogP contribution in [-0.4, -0.2) is 52.6 Å². The van der Waals surface area contributed by atoms with Gasteiger partial charge in [-0.3, -0.25) is 24.2 Å². The quantitative estimate of drug-likeness (QED) is 0.207. The van der Waals surface area contributed by atoms with Crippen molar-refractivity contribution in [2.24, 2.45) is 4.99 Å². The number of carbonyl (C=O) groups excluding carboxylic acids is 2. The molecule has 2 heterocycles. The van der Waals surface area contributed by atoms with Gasteiger partial charge in [0.25, 0.3) is 11.8 Å². The molecule has 2 N–H and O–H groups in total. The van der Waals surface area contributed by atoms with Crippen LogP contribution in [0.4, 0.5) is 0 Å². The summed E-state index contributed by atoms with van der Waals surface area (Å²) in [7, 11) is 1.69. The molecule has 2 amide bonds. The van der Waals surface area contributed by atoms with Crippen molar-refractivity contribution in [2.75, 3.05) is 20.1 Å². The molecule has 1 aliphatic heterocycles. The maximum atomic E-state index is 12.5. The number of guanidine groups is 1. The predicted molar refractivity (Wildman–Crippen MR) is 133 cm³/mol. The molecule has 0 fully saturated rings. The number of fused-ring (bicyclic) bond motifs is 1. The lowest BCUT2D eigenvalue weighted by Gasteiger charge is -2.17. The van der Waals surface area contributed by atoms with Crippen molar-refractivity contribution in [1.29, 1.82) is 0 Å². The highest BCUT2D eigenvalue weighted by atomic mass is 127. The highest BCUT2D eigenvalue weighted by molar-refractivity contribution is 14.0. The maximum Gasteiger partial charge on any atom is 0.261 e. The molecule has 166 valence electrons. The number of aromatic nitrogens is 2. The minimum Gasteiger partial charge on any atom is -0.355 e. The molecule has 1 aromatic heterocycles. The van der Waals surface area contributed by atoms with Crippen LogP contribution in [0.3, 0.4) is 0 Å². The van der Waals surface area contributed by atoms with Crippen LogP contribution in [0.15, 0.2) is 72.0 Å². The fourth-order valence-electron chi connectivity index (χ4n) is 3.58. The first kappa shape index (κ1) is 23.5. The van der Waals surface area contributed by atoms with Crippen LogP contribution in [-0.2, 0) is 13.1 Å². The first-order chi connectivity index (χ1) is 15.2. The number of halogens is 1. The number of nitrogens with zero attached hydrogens (tertiary/aromatic N) is 4. The van der Waals surface area contributed by atoms with Crippen LogP contribution in [0, 0.1) is 0 Å². The molecule has 0 saturated heterocycles. The fourth-order valence-corrected chi connectivity index (χ4v) is 3.58. The van der Waals surface area contributed by atoms with E-state index in [1.165, 1.54) is 10.5 Å². The third kappa shape index (κ3) is 5.16. The van der Waals surface area contributed by atoms with Gasteiger partial charge >= 0.3 is 0 Å². The second-order valence-corrected chi connectivity index (χ2v) is 7.13. The Bertz CT molecular complexity index is 1080. The summed E-state index contributed by atoms with van der Waals surface area (Å²) in [6, 6.07) is 17.0. The first-order valence-electron chi connectivity index (χ1n) is 10.1. The molecule has 32 heavy (non-hydrogen) atoms. The number of rotatable bonds is 7. The van der Waals surface area contributed by atoms with E-state index in [-0.39, 0.29) is 42.3 Å². The molecule has 0 bridgehead atoms. The fraction of sp³-hybridized carbons (Fsp3) is 0.217. The number of hydrogen-bond donors (Lipinski definition) is 2. The number of benzene rings is 2. The van der Waals surface area contributed by atoms with Crippen LogP contribution in [0.2, 0.25) is 0 Å². The second-order valence-electron chi connectivity index (χ2n) is 7.13. The number of aliphatic imine (C=N–C) groups is 1. The monoisotopic (exact) mass is 544 g/mol. The Hall–Kier alpha value is -3.21. The average Bonchev–Trinajstić information content (AvgIpc) is 3.39. The summed E-state index contributed by atoms with van der Waals surface area (Å²) >= 11 is 0. The van der Waals surface area contributed by atoms with E-state index >= 15 is 0 Å². The van der Waals surface area contributed by atoms with Crippen molar-refractivity contribution in [1.82, 2.24) is 25.3 Å². The van der Waals surface area contributed by atoms with Crippen molar-refractivity contribution in [3.63, 3.8) is 0 Å². The van der Waals surface area contributed by atoms with E-state index in [0.29, 0.717) is 36.7 Å². The number of amides is 2. The van der Waals surface area contributed by atoms with Gasteiger partial charge in [0, 0.05) is 39.1 Å². The largest absolute Gasteiger partial charge is 0.355 e. The standard InChI is InChI=1S/C23H24N6O2.HI/c1-24-23(25-12-14-29-21(30)19-9-4-5-10-20(19)22(29)31)26-15-17-7-2-3-8-18(17)16-28-13-6-11-27-28;/h2-11,13H,12,14-16H2,1H3,(H2,24,25,26);1H. The van der Waals surface area contributed by atoms with Gasteiger partial charge in [-0.25, -0.2) is 0 Å². The van der Waals surface area contributed by atoms with Crippen LogP contribution < -0.4 is 10.6 Å². The van der Waals surface area contributed by atoms with E-state index < -0.39 is 0 Å². The summed E-state index contributed by atoms with van der Waals surface area (Å²) in [5.41, 5.74) is 3.23. The van der Waals surface area contributed by atoms with Gasteiger partial charge < -0.3 is 10.6 Å². The van der Waals surface area contributed by atoms with Crippen molar-refractivity contribution >= 4 is 41.8 Å². The summed E-state index contributed by atoms with van der Waals surface area (Å²) < 4.78 is 1.88. The molecule has 0 aliphatic carbocycles. The van der Waals surface area contributed by atoms with Crippen LogP contribution in [0.5, 0.6) is 0 Å². The maximum absolute atomic E-state index is 12.5. The SMILES string of the molecule is CN=C(NCCN1C(=O)c2ccccc2C1=O)NCc1ccccc1Cn1cccn1.I. The summed E-state index contributed by atoms with van der Waals surface area (Å²) in [6.45, 7) is 1.95. The van der Waals surface area contributed by atoms with E-state index in [0.717, 1.165) is 5.56 Å². The Morgan fingerprint density at radius 3 is 2.22 bits per heavy atom. The Balaban J connectivity index is 0.00000289. The number of hydrogen-bond acceptors (Lipinski definition) is 4. The molecule has 0 atom stereocenters. The third-order valence-electron chi connectivity index (χ3n) is 5.19. The van der Waals surface area contributed by atoms with Gasteiger partial charge in [-0.15, -0.1) is 24.0 Å². The first-order valence-corrected chi connectivity index (χ1v) is 10.1. The highest BCUT2D eigenvalue weighted by Crippen LogP contribution is 2.21. The van der Waals surface area contributed by atoms with E-state index in [4.69, 9.17) is 0 Å². The Morgan fingerprint density at radius 1 is 0.938 bits per heavy atom. The molecule has 1 aliphatic rings. The van der Waals surface area contributed by atoms with Crippen molar-refractivity contribution in [2.45, 2.75) is 13.1 Å². The minimum atomic E-state index is -0.252. The van der Waals surface area contributed by atoms with Crippen molar-refractivity contribution in [3.8, 4) is 0 Å². The topological polar surface area (TPSA) is 91.6 Å². The van der Waals surface area contributed by atoms with Gasteiger partial charge in [-0.05, 0) is 29.3 Å². The highest BCUT2D eigenvalue weighted by Gasteiger charge is 2.34. The van der Waals surface area contributed by atoms with Gasteiger partial charge in [0.15, 0.2) is 5.96 Å². The van der Waals surface area contributed by atoms with Crippen LogP contribution in [0.1, 0.15) is 31.8 Å². The summed E-state index contributed by atoms with van der Waals surface area (Å²) in [6.07, 6.45) is 3.70. The second kappa shape index (κ2) is 10.9. The molecule has 0 spiro atoms. The Kier molecular flexibility index (Phi) is 7.98. The molecule has 0 radical (unpaired) electrons. The zero-order chi connectivity index (χ0) is 21.6. The average molecular weight is 544 g/mol. The molecule has 0 saturated carbocycles. The summed E-state index contributed by atoms with van der Waals surface area (Å²) in [4.78, 5) is 30.4. The molecule has 2 aromatic carbocycles. The Labute approximate surface area is 203 Å². The molecule has 3 aromatic rings. The van der Waals surface area contributed by atoms with E-state index in [1.807, 2.05) is 29.1 Å². The van der Waals surface area contributed by atoms with Gasteiger partial charge in [-0.2, -0.15) is 5.10 Å². The lowest BCUT2D eigenvalue weighted by molar-refractivity contribution is 0.0657. The van der Waals surface area contributed by atoms with E-state index in [9.17, 15) is 9.59 Å². The molecule has 9 heteroatoms. The van der Waals surface area contributed by atoms with E-state index in [2.05, 4.69) is 32.9 Å². The van der Waals surface area contributed by atoms with Gasteiger partial charge in [0.05, 0.1) is 17.7 Å². The third-order valence-corrected chi connectivity index (χ3v) is 5.19. The Morgan fingerprint density at radius 2 is 1.59 bits per heavy atom. The zero-order valence-electron chi connectivity index (χ0n) is 17.7. The summed E-state index contributed by atoms with van der Waals surface area (Å²) in [5, 5.41) is 10.7. The van der Waals surface area contributed by atoms with Gasteiger partial charge in [0.2, 0.25) is 0 Å². The van der Waals surface area contributed by atoms with Crippen LogP contribution >= 0.6 is 24.0 Å². The predicted octanol–water partition coefficient (Wildman–Crippen LogP) is 2.51. The normalized spacial score (nSPS) is 13.0. The molecular weight excluding hydrogens is 519 g/mol. The smallest absolute Gasteiger partial charge is 0.261 e. The summed E-state index contributed by atoms with van der Waals surface area (Å²) in [5.74, 6) is 0.0984. The van der Waals surface area contributed by atoms with Crippen molar-refractivity contribution < 1.29 is 9.59 Å². The lowest BCUT2D eigenvalue weighted by atomic mass is 10.1. The number of nitrogens with one attached hydrogen (secondary N) is 2. The van der Waals surface area contributed by atoms with Gasteiger partial charge in [0.1, 0.15) is 0 Å². The molecule has 0 unspecified atom stereocenters.